The average Bonchev–Trinajstić information content (AvgIpc) is 3.45. The van der Waals surface area contributed by atoms with E-state index >= 15 is 0 Å². The van der Waals surface area contributed by atoms with E-state index in [0.717, 1.165) is 64.8 Å². The zero-order chi connectivity index (χ0) is 21.7. The third-order valence-corrected chi connectivity index (χ3v) is 7.66. The molecule has 32 heavy (non-hydrogen) atoms. The van der Waals surface area contributed by atoms with Crippen LogP contribution in [0.15, 0.2) is 42.6 Å². The first-order valence-corrected chi connectivity index (χ1v) is 11.9. The summed E-state index contributed by atoms with van der Waals surface area (Å²) >= 11 is 1.57. The van der Waals surface area contributed by atoms with E-state index < -0.39 is 5.60 Å². The highest BCUT2D eigenvalue weighted by Gasteiger charge is 2.39. The van der Waals surface area contributed by atoms with E-state index in [1.165, 1.54) is 5.56 Å². The Bertz CT molecular complexity index is 1290. The van der Waals surface area contributed by atoms with Crippen molar-refractivity contribution < 1.29 is 9.84 Å². The Balaban J connectivity index is 1.45. The fourth-order valence-electron chi connectivity index (χ4n) is 4.37. The van der Waals surface area contributed by atoms with Gasteiger partial charge < -0.3 is 14.7 Å². The van der Waals surface area contributed by atoms with Crippen molar-refractivity contribution in [2.75, 3.05) is 31.2 Å². The molecule has 6 rings (SSSR count). The highest BCUT2D eigenvalue weighted by atomic mass is 32.1. The molecule has 2 fully saturated rings. The standard InChI is InChI=1S/C24H25N5O2S/c1-16-4-2-5-17(14-16)18-6-9-29(27-18)20-15-19(28-10-12-31-13-11-28)21-22(25-20)26-23(32-21)24(30)7-3-8-24/h2,4-6,9,14-15,30H,3,7-8,10-13H2,1H3. The molecule has 164 valence electrons. The van der Waals surface area contributed by atoms with Crippen LogP contribution in [0.3, 0.4) is 0 Å². The van der Waals surface area contributed by atoms with Gasteiger partial charge in [-0.05, 0) is 38.3 Å². The summed E-state index contributed by atoms with van der Waals surface area (Å²) < 4.78 is 8.41. The van der Waals surface area contributed by atoms with Crippen molar-refractivity contribution in [3.63, 3.8) is 0 Å². The van der Waals surface area contributed by atoms with Crippen LogP contribution in [0.1, 0.15) is 29.8 Å². The summed E-state index contributed by atoms with van der Waals surface area (Å²) in [6.45, 7) is 5.13. The van der Waals surface area contributed by atoms with Gasteiger partial charge in [0.15, 0.2) is 11.5 Å². The van der Waals surface area contributed by atoms with Crippen molar-refractivity contribution in [3.8, 4) is 17.1 Å². The van der Waals surface area contributed by atoms with Gasteiger partial charge in [0.1, 0.15) is 10.6 Å². The molecular formula is C24H25N5O2S. The largest absolute Gasteiger partial charge is 0.383 e. The van der Waals surface area contributed by atoms with Gasteiger partial charge in [0.25, 0.3) is 0 Å². The van der Waals surface area contributed by atoms with Crippen molar-refractivity contribution >= 4 is 27.4 Å². The van der Waals surface area contributed by atoms with Gasteiger partial charge in [-0.1, -0.05) is 23.8 Å². The van der Waals surface area contributed by atoms with E-state index in [1.54, 1.807) is 11.3 Å². The highest BCUT2D eigenvalue weighted by molar-refractivity contribution is 7.19. The van der Waals surface area contributed by atoms with Gasteiger partial charge in [-0.15, -0.1) is 11.3 Å². The van der Waals surface area contributed by atoms with Gasteiger partial charge >= 0.3 is 0 Å². The van der Waals surface area contributed by atoms with Crippen LogP contribution in [-0.2, 0) is 10.3 Å². The van der Waals surface area contributed by atoms with Crippen LogP contribution in [-0.4, -0.2) is 51.2 Å². The summed E-state index contributed by atoms with van der Waals surface area (Å²) in [6, 6.07) is 12.4. The first-order chi connectivity index (χ1) is 15.6. The SMILES string of the molecule is Cc1cccc(-c2ccn(-c3cc(N4CCOCC4)c4sc(C5(O)CCC5)nc4n3)n2)c1. The Morgan fingerprint density at radius 2 is 1.94 bits per heavy atom. The number of hydrogen-bond donors (Lipinski definition) is 1. The number of aryl methyl sites for hydroxylation is 1. The van der Waals surface area contributed by atoms with Crippen LogP contribution in [0, 0.1) is 6.92 Å². The summed E-state index contributed by atoms with van der Waals surface area (Å²) in [4.78, 5) is 12.0. The molecule has 1 aromatic carbocycles. The Labute approximate surface area is 190 Å². The summed E-state index contributed by atoms with van der Waals surface area (Å²) in [5.74, 6) is 0.732. The second-order valence-corrected chi connectivity index (χ2v) is 9.67. The van der Waals surface area contributed by atoms with Crippen LogP contribution in [0.25, 0.3) is 27.4 Å². The number of nitrogens with zero attached hydrogens (tertiary/aromatic N) is 5. The van der Waals surface area contributed by atoms with Gasteiger partial charge in [0.05, 0.1) is 29.3 Å². The van der Waals surface area contributed by atoms with Gasteiger partial charge in [0.2, 0.25) is 0 Å². The van der Waals surface area contributed by atoms with Gasteiger partial charge in [-0.2, -0.15) is 5.10 Å². The summed E-state index contributed by atoms with van der Waals surface area (Å²) in [5, 5.41) is 16.5. The van der Waals surface area contributed by atoms with Gasteiger partial charge in [-0.3, -0.25) is 0 Å². The normalized spacial score (nSPS) is 18.1. The maximum atomic E-state index is 10.9. The van der Waals surface area contributed by atoms with Crippen molar-refractivity contribution in [3.05, 3.63) is 53.2 Å². The molecule has 3 aromatic heterocycles. The topological polar surface area (TPSA) is 76.3 Å². The fraction of sp³-hybridized carbons (Fsp3) is 0.375. The van der Waals surface area contributed by atoms with Crippen LogP contribution in [0.5, 0.6) is 0 Å². The number of pyridine rings is 1. The minimum Gasteiger partial charge on any atom is -0.383 e. The molecule has 1 saturated heterocycles. The van der Waals surface area contributed by atoms with E-state index in [4.69, 9.17) is 19.8 Å². The van der Waals surface area contributed by atoms with Crippen molar-refractivity contribution in [1.82, 2.24) is 19.7 Å². The number of anilines is 1. The predicted octanol–water partition coefficient (Wildman–Crippen LogP) is 4.06. The maximum Gasteiger partial charge on any atom is 0.175 e. The highest BCUT2D eigenvalue weighted by Crippen LogP contribution is 2.45. The van der Waals surface area contributed by atoms with E-state index in [1.807, 2.05) is 23.0 Å². The number of hydrogen-bond acceptors (Lipinski definition) is 7. The molecular weight excluding hydrogens is 422 g/mol. The quantitative estimate of drug-likeness (QED) is 0.508. The number of benzene rings is 1. The number of thiazole rings is 1. The summed E-state index contributed by atoms with van der Waals surface area (Å²) in [6.07, 6.45) is 4.52. The van der Waals surface area contributed by atoms with Crippen LogP contribution in [0.2, 0.25) is 0 Å². The van der Waals surface area contributed by atoms with E-state index in [-0.39, 0.29) is 0 Å². The summed E-state index contributed by atoms with van der Waals surface area (Å²) in [7, 11) is 0. The van der Waals surface area contributed by atoms with Gasteiger partial charge in [-0.25, -0.2) is 14.6 Å². The molecule has 0 amide bonds. The second kappa shape index (κ2) is 7.65. The molecule has 2 aliphatic rings. The maximum absolute atomic E-state index is 10.9. The lowest BCUT2D eigenvalue weighted by Gasteiger charge is -2.34. The predicted molar refractivity (Wildman–Crippen MR) is 125 cm³/mol. The molecule has 0 spiro atoms. The summed E-state index contributed by atoms with van der Waals surface area (Å²) in [5.41, 5.74) is 4.17. The minimum absolute atomic E-state index is 0.678. The molecule has 0 radical (unpaired) electrons. The zero-order valence-electron chi connectivity index (χ0n) is 18.0. The van der Waals surface area contributed by atoms with E-state index in [2.05, 4.69) is 36.1 Å². The van der Waals surface area contributed by atoms with Crippen LogP contribution >= 0.6 is 11.3 Å². The molecule has 1 N–H and O–H groups in total. The van der Waals surface area contributed by atoms with E-state index in [0.29, 0.717) is 18.9 Å². The van der Waals surface area contributed by atoms with Crippen LogP contribution < -0.4 is 4.90 Å². The molecule has 7 nitrogen and oxygen atoms in total. The second-order valence-electron chi connectivity index (χ2n) is 8.67. The van der Waals surface area contributed by atoms with Crippen molar-refractivity contribution in [2.45, 2.75) is 31.8 Å². The number of ether oxygens (including phenoxy) is 1. The lowest BCUT2D eigenvalue weighted by molar-refractivity contribution is -0.0387. The molecule has 1 saturated carbocycles. The number of rotatable bonds is 4. The van der Waals surface area contributed by atoms with Crippen molar-refractivity contribution in [1.29, 1.82) is 0 Å². The Kier molecular flexibility index (Phi) is 4.74. The molecule has 4 aromatic rings. The van der Waals surface area contributed by atoms with Gasteiger partial charge in [0, 0.05) is 30.9 Å². The number of aromatic nitrogens is 4. The average molecular weight is 448 g/mol. The lowest BCUT2D eigenvalue weighted by Crippen LogP contribution is -2.36. The Morgan fingerprint density at radius 3 is 2.69 bits per heavy atom. The molecule has 8 heteroatoms. The smallest absolute Gasteiger partial charge is 0.175 e. The molecule has 0 bridgehead atoms. The Morgan fingerprint density at radius 1 is 1.09 bits per heavy atom. The third kappa shape index (κ3) is 3.39. The molecule has 1 aliphatic heterocycles. The lowest BCUT2D eigenvalue weighted by atomic mass is 9.81. The minimum atomic E-state index is -0.794. The first-order valence-electron chi connectivity index (χ1n) is 11.1. The molecule has 0 atom stereocenters. The number of aliphatic hydroxyl groups is 1. The third-order valence-electron chi connectivity index (χ3n) is 6.40. The van der Waals surface area contributed by atoms with Crippen LogP contribution in [0.4, 0.5) is 5.69 Å². The molecule has 0 unspecified atom stereocenters. The first kappa shape index (κ1) is 19.8. The number of morpholine rings is 1. The van der Waals surface area contributed by atoms with Crippen molar-refractivity contribution in [2.24, 2.45) is 0 Å². The van der Waals surface area contributed by atoms with E-state index in [9.17, 15) is 5.11 Å². The monoisotopic (exact) mass is 447 g/mol. The Hall–Kier alpha value is -2.81. The zero-order valence-corrected chi connectivity index (χ0v) is 18.8. The fourth-order valence-corrected chi connectivity index (χ4v) is 5.57. The molecule has 4 heterocycles. The number of fused-ring (bicyclic) bond motifs is 1. The molecule has 1 aliphatic carbocycles.